The van der Waals surface area contributed by atoms with Crippen molar-refractivity contribution in [2.45, 2.75) is 47.0 Å². The van der Waals surface area contributed by atoms with Crippen LogP contribution in [0.4, 0.5) is 4.79 Å². The topological polar surface area (TPSA) is 55.8 Å². The van der Waals surface area contributed by atoms with E-state index in [9.17, 15) is 9.59 Å². The van der Waals surface area contributed by atoms with E-state index in [1.54, 1.807) is 30.0 Å². The van der Waals surface area contributed by atoms with Crippen LogP contribution in [0.2, 0.25) is 0 Å². The van der Waals surface area contributed by atoms with E-state index in [0.717, 1.165) is 16.7 Å². The lowest BCUT2D eigenvalue weighted by atomic mass is 9.85. The first-order valence-corrected chi connectivity index (χ1v) is 10.1. The van der Waals surface area contributed by atoms with Gasteiger partial charge in [-0.05, 0) is 61.6 Å². The van der Waals surface area contributed by atoms with Crippen molar-refractivity contribution in [2.75, 3.05) is 19.7 Å². The van der Waals surface area contributed by atoms with E-state index in [1.807, 2.05) is 38.1 Å². The molecule has 0 aliphatic carbocycles. The minimum atomic E-state index is -0.388. The Bertz CT molecular complexity index is 863. The number of esters is 1. The maximum atomic E-state index is 12.5. The Labute approximate surface area is 173 Å². The quantitative estimate of drug-likeness (QED) is 0.590. The van der Waals surface area contributed by atoms with Crippen molar-refractivity contribution in [1.82, 2.24) is 4.90 Å². The number of ether oxygens (including phenoxy) is 2. The van der Waals surface area contributed by atoms with Gasteiger partial charge in [0, 0.05) is 18.7 Å². The average molecular weight is 398 g/mol. The monoisotopic (exact) mass is 397 g/mol. The summed E-state index contributed by atoms with van der Waals surface area (Å²) in [5.74, 6) is 0.0962. The summed E-state index contributed by atoms with van der Waals surface area (Å²) in [5.41, 5.74) is 3.06. The first-order valence-electron chi connectivity index (χ1n) is 10.1. The van der Waals surface area contributed by atoms with Gasteiger partial charge >= 0.3 is 12.1 Å². The average Bonchev–Trinajstić information content (AvgIpc) is 2.68. The Morgan fingerprint density at radius 3 is 2.24 bits per heavy atom. The Morgan fingerprint density at radius 1 is 0.966 bits per heavy atom. The van der Waals surface area contributed by atoms with Crippen LogP contribution < -0.4 is 4.74 Å². The summed E-state index contributed by atoms with van der Waals surface area (Å²) in [4.78, 5) is 26.3. The van der Waals surface area contributed by atoms with Crippen LogP contribution in [-0.4, -0.2) is 36.7 Å². The molecule has 0 aliphatic rings. The zero-order valence-electron chi connectivity index (χ0n) is 18.2. The molecular weight excluding hydrogens is 366 g/mol. The zero-order chi connectivity index (χ0) is 21.6. The SMILES string of the molecule is CCOC(=O)c1cccc(-c2cc(C(C)(C)C)ccc2OC(=O)N(CC)CC)c1. The Kier molecular flexibility index (Phi) is 7.43. The molecule has 0 saturated heterocycles. The Morgan fingerprint density at radius 2 is 1.66 bits per heavy atom. The smallest absolute Gasteiger partial charge is 0.415 e. The number of amides is 1. The Hall–Kier alpha value is -2.82. The number of hydrogen-bond acceptors (Lipinski definition) is 4. The van der Waals surface area contributed by atoms with Gasteiger partial charge in [0.2, 0.25) is 0 Å². The highest BCUT2D eigenvalue weighted by molar-refractivity contribution is 5.91. The standard InChI is InChI=1S/C24H31NO4/c1-7-25(8-2)23(27)29-21-14-13-19(24(4,5)6)16-20(21)17-11-10-12-18(15-17)22(26)28-9-3/h10-16H,7-9H2,1-6H3. The van der Waals surface area contributed by atoms with Crippen molar-refractivity contribution < 1.29 is 19.1 Å². The number of hydrogen-bond donors (Lipinski definition) is 0. The summed E-state index contributed by atoms with van der Waals surface area (Å²) in [7, 11) is 0. The third-order valence-electron chi connectivity index (χ3n) is 4.75. The summed E-state index contributed by atoms with van der Waals surface area (Å²) in [6, 6.07) is 13.0. The molecule has 0 bridgehead atoms. The molecule has 29 heavy (non-hydrogen) atoms. The molecule has 5 heteroatoms. The van der Waals surface area contributed by atoms with Gasteiger partial charge in [0.15, 0.2) is 0 Å². The zero-order valence-corrected chi connectivity index (χ0v) is 18.2. The fraction of sp³-hybridized carbons (Fsp3) is 0.417. The van der Waals surface area contributed by atoms with Crippen LogP contribution in [0.1, 0.15) is 57.5 Å². The molecule has 2 aromatic rings. The number of carbonyl (C=O) groups excluding carboxylic acids is 2. The molecule has 5 nitrogen and oxygen atoms in total. The van der Waals surface area contributed by atoms with Crippen LogP contribution in [0, 0.1) is 0 Å². The van der Waals surface area contributed by atoms with Gasteiger partial charge in [0.05, 0.1) is 12.2 Å². The molecule has 1 amide bonds. The number of rotatable bonds is 6. The molecule has 0 aromatic heterocycles. The van der Waals surface area contributed by atoms with E-state index < -0.39 is 0 Å². The molecule has 0 fully saturated rings. The molecule has 0 radical (unpaired) electrons. The molecule has 0 unspecified atom stereocenters. The molecule has 0 spiro atoms. The Balaban J connectivity index is 2.54. The van der Waals surface area contributed by atoms with Gasteiger partial charge in [0.25, 0.3) is 0 Å². The van der Waals surface area contributed by atoms with Crippen molar-refractivity contribution in [2.24, 2.45) is 0 Å². The van der Waals surface area contributed by atoms with Crippen molar-refractivity contribution in [3.8, 4) is 16.9 Å². The van der Waals surface area contributed by atoms with E-state index in [1.165, 1.54) is 0 Å². The largest absolute Gasteiger partial charge is 0.462 e. The van der Waals surface area contributed by atoms with Gasteiger partial charge in [-0.2, -0.15) is 0 Å². The maximum absolute atomic E-state index is 12.5. The summed E-state index contributed by atoms with van der Waals surface area (Å²) in [5, 5.41) is 0. The minimum absolute atomic E-state index is 0.0745. The number of benzene rings is 2. The van der Waals surface area contributed by atoms with E-state index in [4.69, 9.17) is 9.47 Å². The molecule has 156 valence electrons. The summed E-state index contributed by atoms with van der Waals surface area (Å²) in [6.07, 6.45) is -0.388. The van der Waals surface area contributed by atoms with E-state index in [2.05, 4.69) is 20.8 Å². The van der Waals surface area contributed by atoms with Crippen molar-refractivity contribution in [3.05, 3.63) is 53.6 Å². The molecule has 2 aromatic carbocycles. The fourth-order valence-electron chi connectivity index (χ4n) is 2.98. The predicted molar refractivity (Wildman–Crippen MR) is 115 cm³/mol. The van der Waals surface area contributed by atoms with Gasteiger partial charge in [-0.1, -0.05) is 39.0 Å². The van der Waals surface area contributed by atoms with Gasteiger partial charge in [-0.25, -0.2) is 9.59 Å². The maximum Gasteiger partial charge on any atom is 0.415 e. The summed E-state index contributed by atoms with van der Waals surface area (Å²) < 4.78 is 10.9. The highest BCUT2D eigenvalue weighted by Crippen LogP contribution is 2.35. The van der Waals surface area contributed by atoms with E-state index >= 15 is 0 Å². The molecular formula is C24H31NO4. The van der Waals surface area contributed by atoms with Crippen LogP contribution in [-0.2, 0) is 10.2 Å². The highest BCUT2D eigenvalue weighted by Gasteiger charge is 2.20. The van der Waals surface area contributed by atoms with Gasteiger partial charge in [0.1, 0.15) is 5.75 Å². The molecule has 2 rings (SSSR count). The van der Waals surface area contributed by atoms with Crippen LogP contribution >= 0.6 is 0 Å². The molecule has 0 N–H and O–H groups in total. The fourth-order valence-corrected chi connectivity index (χ4v) is 2.98. The van der Waals surface area contributed by atoms with Gasteiger partial charge < -0.3 is 14.4 Å². The first-order chi connectivity index (χ1) is 13.7. The van der Waals surface area contributed by atoms with Crippen LogP contribution in [0.5, 0.6) is 5.75 Å². The number of nitrogens with zero attached hydrogens (tertiary/aromatic N) is 1. The third-order valence-corrected chi connectivity index (χ3v) is 4.75. The first kappa shape index (κ1) is 22.5. The van der Waals surface area contributed by atoms with Gasteiger partial charge in [-0.15, -0.1) is 0 Å². The van der Waals surface area contributed by atoms with Crippen LogP contribution in [0.15, 0.2) is 42.5 Å². The lowest BCUT2D eigenvalue weighted by Crippen LogP contribution is -2.33. The second-order valence-electron chi connectivity index (χ2n) is 7.80. The minimum Gasteiger partial charge on any atom is -0.462 e. The van der Waals surface area contributed by atoms with Crippen molar-refractivity contribution in [1.29, 1.82) is 0 Å². The summed E-state index contributed by atoms with van der Waals surface area (Å²) in [6.45, 7) is 13.4. The van der Waals surface area contributed by atoms with Crippen LogP contribution in [0.3, 0.4) is 0 Å². The lowest BCUT2D eigenvalue weighted by molar-refractivity contribution is 0.0526. The summed E-state index contributed by atoms with van der Waals surface area (Å²) >= 11 is 0. The predicted octanol–water partition coefficient (Wildman–Crippen LogP) is 5.67. The van der Waals surface area contributed by atoms with Crippen molar-refractivity contribution >= 4 is 12.1 Å². The molecule has 0 heterocycles. The van der Waals surface area contributed by atoms with Crippen LogP contribution in [0.25, 0.3) is 11.1 Å². The molecule has 0 saturated carbocycles. The molecule has 0 aliphatic heterocycles. The lowest BCUT2D eigenvalue weighted by Gasteiger charge is -2.23. The van der Waals surface area contributed by atoms with Gasteiger partial charge in [-0.3, -0.25) is 0 Å². The van der Waals surface area contributed by atoms with E-state index in [-0.39, 0.29) is 17.5 Å². The number of carbonyl (C=O) groups is 2. The molecule has 0 atom stereocenters. The van der Waals surface area contributed by atoms with E-state index in [0.29, 0.717) is 31.0 Å². The third kappa shape index (κ3) is 5.59. The second kappa shape index (κ2) is 9.59. The second-order valence-corrected chi connectivity index (χ2v) is 7.80. The highest BCUT2D eigenvalue weighted by atomic mass is 16.6. The normalized spacial score (nSPS) is 11.1. The van der Waals surface area contributed by atoms with Crippen molar-refractivity contribution in [3.63, 3.8) is 0 Å².